The molecule has 0 aliphatic rings. The minimum atomic E-state index is -0.340. The van der Waals surface area contributed by atoms with Crippen LogP contribution in [0, 0.1) is 0 Å². The zero-order valence-corrected chi connectivity index (χ0v) is 16.0. The molecular weight excluding hydrogens is 376 g/mol. The number of rotatable bonds is 6. The SMILES string of the molecule is COc1ccccc1CNC(=O)c1cccc(C(=O)Nc2ccccc2Cl)c1. The Morgan fingerprint density at radius 2 is 1.57 bits per heavy atom. The predicted octanol–water partition coefficient (Wildman–Crippen LogP) is 4.53. The van der Waals surface area contributed by atoms with Crippen molar-refractivity contribution >= 4 is 29.1 Å². The lowest BCUT2D eigenvalue weighted by Gasteiger charge is -2.11. The molecule has 6 heteroatoms. The highest BCUT2D eigenvalue weighted by Gasteiger charge is 2.12. The summed E-state index contributed by atoms with van der Waals surface area (Å²) in [6, 6.07) is 20.9. The van der Waals surface area contributed by atoms with Gasteiger partial charge in [0.2, 0.25) is 0 Å². The first-order chi connectivity index (χ1) is 13.6. The molecule has 0 atom stereocenters. The largest absolute Gasteiger partial charge is 0.496 e. The second kappa shape index (κ2) is 9.06. The highest BCUT2D eigenvalue weighted by atomic mass is 35.5. The molecule has 0 aliphatic heterocycles. The number of carbonyl (C=O) groups excluding carboxylic acids is 2. The standard InChI is InChI=1S/C22H19ClN2O3/c1-28-20-12-5-2-7-17(20)14-24-21(26)15-8-6-9-16(13-15)22(27)25-19-11-4-3-10-18(19)23/h2-13H,14H2,1H3,(H,24,26)(H,25,27). The molecule has 0 aliphatic carbocycles. The molecule has 0 radical (unpaired) electrons. The fraction of sp³-hybridized carbons (Fsp3) is 0.0909. The van der Waals surface area contributed by atoms with Crippen molar-refractivity contribution in [1.82, 2.24) is 5.32 Å². The van der Waals surface area contributed by atoms with Crippen LogP contribution in [0.3, 0.4) is 0 Å². The summed E-state index contributed by atoms with van der Waals surface area (Å²) in [5, 5.41) is 6.04. The van der Waals surface area contributed by atoms with Gasteiger partial charge < -0.3 is 15.4 Å². The zero-order valence-electron chi connectivity index (χ0n) is 15.2. The van der Waals surface area contributed by atoms with Crippen LogP contribution in [0.5, 0.6) is 5.75 Å². The molecule has 3 rings (SSSR count). The van der Waals surface area contributed by atoms with Crippen LogP contribution >= 0.6 is 11.6 Å². The number of anilines is 1. The predicted molar refractivity (Wildman–Crippen MR) is 110 cm³/mol. The molecule has 0 aromatic heterocycles. The van der Waals surface area contributed by atoms with E-state index in [0.29, 0.717) is 34.1 Å². The van der Waals surface area contributed by atoms with E-state index in [1.165, 1.54) is 0 Å². The highest BCUT2D eigenvalue weighted by Crippen LogP contribution is 2.21. The molecule has 0 unspecified atom stereocenters. The molecule has 142 valence electrons. The molecule has 3 aromatic rings. The number of amides is 2. The van der Waals surface area contributed by atoms with Gasteiger partial charge in [-0.05, 0) is 36.4 Å². The lowest BCUT2D eigenvalue weighted by atomic mass is 10.1. The van der Waals surface area contributed by atoms with Crippen molar-refractivity contribution in [2.75, 3.05) is 12.4 Å². The Bertz CT molecular complexity index is 1000. The van der Waals surface area contributed by atoms with Crippen LogP contribution in [-0.4, -0.2) is 18.9 Å². The number of carbonyl (C=O) groups is 2. The molecule has 2 amide bonds. The summed E-state index contributed by atoms with van der Waals surface area (Å²) in [5.74, 6) is 0.0847. The first-order valence-corrected chi connectivity index (χ1v) is 9.02. The van der Waals surface area contributed by atoms with Crippen molar-refractivity contribution < 1.29 is 14.3 Å². The number of halogens is 1. The summed E-state index contributed by atoms with van der Waals surface area (Å²) in [4.78, 5) is 25.0. The van der Waals surface area contributed by atoms with Gasteiger partial charge in [-0.1, -0.05) is 48.0 Å². The summed E-state index contributed by atoms with van der Waals surface area (Å²) in [6.45, 7) is 0.318. The number of nitrogens with one attached hydrogen (secondary N) is 2. The number of ether oxygens (including phenoxy) is 1. The van der Waals surface area contributed by atoms with E-state index < -0.39 is 0 Å². The Labute approximate surface area is 168 Å². The van der Waals surface area contributed by atoms with E-state index >= 15 is 0 Å². The van der Waals surface area contributed by atoms with Gasteiger partial charge in [-0.15, -0.1) is 0 Å². The third-order valence-corrected chi connectivity index (χ3v) is 4.47. The van der Waals surface area contributed by atoms with Crippen LogP contribution in [0.4, 0.5) is 5.69 Å². The van der Waals surface area contributed by atoms with Gasteiger partial charge in [0.05, 0.1) is 17.8 Å². The number of benzene rings is 3. The van der Waals surface area contributed by atoms with Crippen molar-refractivity contribution in [3.05, 3.63) is 94.5 Å². The van der Waals surface area contributed by atoms with Gasteiger partial charge in [-0.25, -0.2) is 0 Å². The van der Waals surface area contributed by atoms with Gasteiger partial charge >= 0.3 is 0 Å². The topological polar surface area (TPSA) is 67.4 Å². The maximum absolute atomic E-state index is 12.5. The summed E-state index contributed by atoms with van der Waals surface area (Å²) < 4.78 is 5.29. The zero-order chi connectivity index (χ0) is 19.9. The Morgan fingerprint density at radius 1 is 0.893 bits per heavy atom. The lowest BCUT2D eigenvalue weighted by Crippen LogP contribution is -2.23. The minimum absolute atomic E-state index is 0.279. The average Bonchev–Trinajstić information content (AvgIpc) is 2.74. The van der Waals surface area contributed by atoms with Gasteiger partial charge in [-0.3, -0.25) is 9.59 Å². The molecule has 28 heavy (non-hydrogen) atoms. The Balaban J connectivity index is 1.69. The van der Waals surface area contributed by atoms with Gasteiger partial charge in [-0.2, -0.15) is 0 Å². The normalized spacial score (nSPS) is 10.2. The van der Waals surface area contributed by atoms with Crippen LogP contribution in [0.15, 0.2) is 72.8 Å². The third kappa shape index (κ3) is 4.69. The van der Waals surface area contributed by atoms with Crippen molar-refractivity contribution in [1.29, 1.82) is 0 Å². The van der Waals surface area contributed by atoms with Gasteiger partial charge in [0, 0.05) is 23.2 Å². The molecule has 3 aromatic carbocycles. The van der Waals surface area contributed by atoms with E-state index in [4.69, 9.17) is 16.3 Å². The summed E-state index contributed by atoms with van der Waals surface area (Å²) in [7, 11) is 1.59. The minimum Gasteiger partial charge on any atom is -0.496 e. The number of methoxy groups -OCH3 is 1. The maximum atomic E-state index is 12.5. The molecule has 0 fully saturated rings. The molecule has 0 spiro atoms. The molecule has 0 saturated heterocycles. The third-order valence-electron chi connectivity index (χ3n) is 4.14. The first kappa shape index (κ1) is 19.5. The van der Waals surface area contributed by atoms with E-state index in [1.807, 2.05) is 24.3 Å². The van der Waals surface area contributed by atoms with Crippen molar-refractivity contribution in [2.45, 2.75) is 6.54 Å². The maximum Gasteiger partial charge on any atom is 0.255 e. The van der Waals surface area contributed by atoms with Gasteiger partial charge in [0.25, 0.3) is 11.8 Å². The van der Waals surface area contributed by atoms with Crippen LogP contribution in [0.25, 0.3) is 0 Å². The summed E-state index contributed by atoms with van der Waals surface area (Å²) >= 11 is 6.07. The Hall–Kier alpha value is -3.31. The quantitative estimate of drug-likeness (QED) is 0.645. The molecule has 0 bridgehead atoms. The molecule has 2 N–H and O–H groups in total. The van der Waals surface area contributed by atoms with E-state index in [-0.39, 0.29) is 11.8 Å². The van der Waals surface area contributed by atoms with E-state index in [0.717, 1.165) is 5.56 Å². The number of hydrogen-bond donors (Lipinski definition) is 2. The van der Waals surface area contributed by atoms with E-state index in [1.54, 1.807) is 55.6 Å². The Kier molecular flexibility index (Phi) is 6.29. The van der Waals surface area contributed by atoms with E-state index in [9.17, 15) is 9.59 Å². The molecule has 0 saturated carbocycles. The summed E-state index contributed by atoms with van der Waals surface area (Å²) in [6.07, 6.45) is 0. The Morgan fingerprint density at radius 3 is 2.32 bits per heavy atom. The van der Waals surface area contributed by atoms with Crippen LogP contribution in [0.1, 0.15) is 26.3 Å². The number of para-hydroxylation sites is 2. The highest BCUT2D eigenvalue weighted by molar-refractivity contribution is 6.33. The van der Waals surface area contributed by atoms with E-state index in [2.05, 4.69) is 10.6 Å². The van der Waals surface area contributed by atoms with Crippen molar-refractivity contribution in [2.24, 2.45) is 0 Å². The van der Waals surface area contributed by atoms with Crippen LogP contribution in [0.2, 0.25) is 5.02 Å². The smallest absolute Gasteiger partial charge is 0.255 e. The molecule has 0 heterocycles. The van der Waals surface area contributed by atoms with Gasteiger partial charge in [0.1, 0.15) is 5.75 Å². The molecule has 5 nitrogen and oxygen atoms in total. The fourth-order valence-corrected chi connectivity index (χ4v) is 2.87. The van der Waals surface area contributed by atoms with Crippen molar-refractivity contribution in [3.8, 4) is 5.75 Å². The average molecular weight is 395 g/mol. The second-order valence-electron chi connectivity index (χ2n) is 6.01. The number of hydrogen-bond acceptors (Lipinski definition) is 3. The van der Waals surface area contributed by atoms with Gasteiger partial charge in [0.15, 0.2) is 0 Å². The second-order valence-corrected chi connectivity index (χ2v) is 6.42. The fourth-order valence-electron chi connectivity index (χ4n) is 2.69. The lowest BCUT2D eigenvalue weighted by molar-refractivity contribution is 0.0950. The van der Waals surface area contributed by atoms with Crippen molar-refractivity contribution in [3.63, 3.8) is 0 Å². The monoisotopic (exact) mass is 394 g/mol. The molecular formula is C22H19ClN2O3. The van der Waals surface area contributed by atoms with Crippen LogP contribution in [-0.2, 0) is 6.54 Å². The first-order valence-electron chi connectivity index (χ1n) is 8.64. The summed E-state index contributed by atoms with van der Waals surface area (Å²) in [5.41, 5.74) is 2.14. The van der Waals surface area contributed by atoms with Crippen LogP contribution < -0.4 is 15.4 Å².